The van der Waals surface area contributed by atoms with Crippen LogP contribution in [0.2, 0.25) is 0 Å². The largest absolute Gasteiger partial charge is 0.481 e. The molecule has 0 amide bonds. The summed E-state index contributed by atoms with van der Waals surface area (Å²) in [4.78, 5) is 40.4. The van der Waals surface area contributed by atoms with Gasteiger partial charge in [0.25, 0.3) is 0 Å². The van der Waals surface area contributed by atoms with E-state index in [1.807, 2.05) is 13.8 Å². The van der Waals surface area contributed by atoms with Crippen LogP contribution in [-0.2, 0) is 14.4 Å². The Bertz CT molecular complexity index is 944. The second kappa shape index (κ2) is 7.31. The molecule has 1 N–H and O–H groups in total. The van der Waals surface area contributed by atoms with Crippen molar-refractivity contribution in [3.63, 3.8) is 0 Å². The highest BCUT2D eigenvalue weighted by Crippen LogP contribution is 2.82. The Hall–Kier alpha value is -1.89. The summed E-state index contributed by atoms with van der Waals surface area (Å²) in [5.41, 5.74) is -2.72. The molecule has 5 rings (SSSR count). The number of carbonyl (C=O) groups is 3. The van der Waals surface area contributed by atoms with Crippen LogP contribution in [0, 0.1) is 63.6 Å². The van der Waals surface area contributed by atoms with E-state index in [1.165, 1.54) is 25.7 Å². The molecule has 0 aromatic rings. The second-order valence-electron chi connectivity index (χ2n) is 11.8. The molecule has 4 fully saturated rings. The average molecular weight is 437 g/mol. The Morgan fingerprint density at radius 2 is 1.91 bits per heavy atom. The van der Waals surface area contributed by atoms with Crippen molar-refractivity contribution >= 4 is 18.0 Å². The summed E-state index contributed by atoms with van der Waals surface area (Å²) < 4.78 is 0. The lowest BCUT2D eigenvalue weighted by atomic mass is 9.42. The Kier molecular flexibility index (Phi) is 5.01. The maximum atomic E-state index is 14.1. The number of carboxylic acid groups (broad SMARTS) is 1. The summed E-state index contributed by atoms with van der Waals surface area (Å²) in [7, 11) is 0. The molecule has 0 saturated heterocycles. The average Bonchev–Trinajstić information content (AvgIpc) is 3.50. The maximum absolute atomic E-state index is 14.1. The van der Waals surface area contributed by atoms with Crippen molar-refractivity contribution in [2.45, 2.75) is 78.6 Å². The maximum Gasteiger partial charge on any atom is 0.315 e. The minimum Gasteiger partial charge on any atom is -0.481 e. The van der Waals surface area contributed by atoms with Crippen LogP contribution in [-0.4, -0.2) is 23.1 Å². The molecule has 5 aliphatic rings. The zero-order valence-corrected chi connectivity index (χ0v) is 19.7. The number of aliphatic carboxylic acids is 1. The third-order valence-electron chi connectivity index (χ3n) is 10.4. The molecule has 4 bridgehead atoms. The summed E-state index contributed by atoms with van der Waals surface area (Å²) in [6.45, 7) is 6.22. The summed E-state index contributed by atoms with van der Waals surface area (Å²) >= 11 is 0. The van der Waals surface area contributed by atoms with Crippen LogP contribution in [0.15, 0.2) is 11.6 Å². The van der Waals surface area contributed by atoms with E-state index in [2.05, 4.69) is 24.8 Å². The molecule has 0 unspecified atom stereocenters. The molecule has 7 atom stereocenters. The lowest BCUT2D eigenvalue weighted by Gasteiger charge is -2.57. The number of aldehydes is 1. The van der Waals surface area contributed by atoms with E-state index in [0.29, 0.717) is 24.7 Å². The van der Waals surface area contributed by atoms with Gasteiger partial charge in [-0.05, 0) is 73.5 Å². The Morgan fingerprint density at radius 1 is 1.19 bits per heavy atom. The van der Waals surface area contributed by atoms with E-state index < -0.39 is 22.2 Å². The second-order valence-corrected chi connectivity index (χ2v) is 11.8. The normalized spacial score (nSPS) is 44.2. The third kappa shape index (κ3) is 2.38. The minimum atomic E-state index is -1.44. The number of carbonyl (C=O) groups excluding carboxylic acids is 2. The van der Waals surface area contributed by atoms with Gasteiger partial charge in [-0.1, -0.05) is 57.6 Å². The monoisotopic (exact) mass is 436 g/mol. The van der Waals surface area contributed by atoms with Gasteiger partial charge < -0.3 is 9.90 Å². The summed E-state index contributed by atoms with van der Waals surface area (Å²) in [6, 6.07) is 0. The predicted octanol–water partition coefficient (Wildman–Crippen LogP) is 5.06. The first-order valence-corrected chi connectivity index (χ1v) is 12.7. The fourth-order valence-electron chi connectivity index (χ4n) is 9.21. The van der Waals surface area contributed by atoms with Gasteiger partial charge in [-0.25, -0.2) is 0 Å². The van der Waals surface area contributed by atoms with Crippen LogP contribution in [0.5, 0.6) is 0 Å². The Labute approximate surface area is 191 Å². The lowest BCUT2D eigenvalue weighted by molar-refractivity contribution is -0.181. The molecule has 172 valence electrons. The number of ketones is 1. The minimum absolute atomic E-state index is 0.0234. The fourth-order valence-corrected chi connectivity index (χ4v) is 9.21. The molecule has 0 aromatic heterocycles. The first-order chi connectivity index (χ1) is 15.3. The molecule has 4 heteroatoms. The standard InChI is InChI=1S/C28H36O4/c1-17(2)23-13-20-14-26(16-29)22-12-11-18(3)21(22)15-27(20,28(23,26)25(31)32)24(30)10-6-9-19-7-4-5-8-19/h13,16-22H,4-5,7-9,11-12,14-15H2,1-3H3,(H,31,32)/t18-,20+,21-,22-,26+,27-,28+/m1/s1. The number of carboxylic acids is 1. The van der Waals surface area contributed by atoms with Crippen molar-refractivity contribution < 1.29 is 19.5 Å². The molecule has 0 aliphatic heterocycles. The molecule has 4 nitrogen and oxygen atoms in total. The highest BCUT2D eigenvalue weighted by molar-refractivity contribution is 6.08. The van der Waals surface area contributed by atoms with E-state index in [1.54, 1.807) is 0 Å². The van der Waals surface area contributed by atoms with Crippen molar-refractivity contribution in [3.05, 3.63) is 11.6 Å². The highest BCUT2D eigenvalue weighted by atomic mass is 16.4. The number of rotatable bonds is 5. The molecular formula is C28H36O4. The van der Waals surface area contributed by atoms with Gasteiger partial charge in [0.05, 0.1) is 10.8 Å². The van der Waals surface area contributed by atoms with Gasteiger partial charge in [-0.3, -0.25) is 9.59 Å². The number of Topliss-reactive ketones (excluding diaryl/α,β-unsaturated/α-hetero) is 1. The molecule has 0 spiro atoms. The van der Waals surface area contributed by atoms with Gasteiger partial charge in [-0.15, -0.1) is 0 Å². The van der Waals surface area contributed by atoms with E-state index in [4.69, 9.17) is 0 Å². The van der Waals surface area contributed by atoms with Gasteiger partial charge >= 0.3 is 5.97 Å². The van der Waals surface area contributed by atoms with E-state index in [0.717, 1.165) is 31.1 Å². The zero-order chi connectivity index (χ0) is 22.9. The van der Waals surface area contributed by atoms with Gasteiger partial charge in [0.2, 0.25) is 5.78 Å². The molecule has 0 aromatic carbocycles. The van der Waals surface area contributed by atoms with Crippen LogP contribution >= 0.6 is 0 Å². The molecule has 4 saturated carbocycles. The smallest absolute Gasteiger partial charge is 0.315 e. The van der Waals surface area contributed by atoms with Crippen molar-refractivity contribution in [2.75, 3.05) is 0 Å². The SMILES string of the molecule is CC(C)C1=C[C@H]2C[C@]3(C=O)[C@@H]4CC[C@@H](C)[C@H]4C[C@@]2(C(=O)C#CCC2CCCC2)[C@]13C(=O)O. The summed E-state index contributed by atoms with van der Waals surface area (Å²) in [6.07, 6.45) is 11.5. The molecule has 5 aliphatic carbocycles. The first-order valence-electron chi connectivity index (χ1n) is 12.7. The van der Waals surface area contributed by atoms with Gasteiger partial charge in [-0.2, -0.15) is 0 Å². The number of fused-ring (bicyclic) bond motifs is 2. The zero-order valence-electron chi connectivity index (χ0n) is 19.7. The summed E-state index contributed by atoms with van der Waals surface area (Å²) in [5.74, 6) is 5.96. The van der Waals surface area contributed by atoms with E-state index in [-0.39, 0.29) is 29.5 Å². The molecule has 32 heavy (non-hydrogen) atoms. The van der Waals surface area contributed by atoms with Crippen molar-refractivity contribution in [1.29, 1.82) is 0 Å². The van der Waals surface area contributed by atoms with Crippen LogP contribution in [0.25, 0.3) is 0 Å². The van der Waals surface area contributed by atoms with Gasteiger partial charge in [0.1, 0.15) is 11.7 Å². The van der Waals surface area contributed by atoms with E-state index >= 15 is 0 Å². The quantitative estimate of drug-likeness (QED) is 0.283. The topological polar surface area (TPSA) is 71.4 Å². The number of allylic oxidation sites excluding steroid dienone is 1. The summed E-state index contributed by atoms with van der Waals surface area (Å²) in [5, 5.41) is 10.9. The van der Waals surface area contributed by atoms with Crippen molar-refractivity contribution in [1.82, 2.24) is 0 Å². The lowest BCUT2D eigenvalue weighted by Crippen LogP contribution is -2.64. The molecule has 0 radical (unpaired) electrons. The van der Waals surface area contributed by atoms with Gasteiger partial charge in [0.15, 0.2) is 0 Å². The first kappa shape index (κ1) is 21.9. The highest BCUT2D eigenvalue weighted by Gasteiger charge is 2.86. The molecular weight excluding hydrogens is 400 g/mol. The van der Waals surface area contributed by atoms with E-state index in [9.17, 15) is 19.5 Å². The Balaban J connectivity index is 1.66. The number of hydrogen-bond acceptors (Lipinski definition) is 3. The van der Waals surface area contributed by atoms with Crippen molar-refractivity contribution in [2.24, 2.45) is 51.8 Å². The van der Waals surface area contributed by atoms with Gasteiger partial charge in [0, 0.05) is 6.42 Å². The molecule has 0 heterocycles. The fraction of sp³-hybridized carbons (Fsp3) is 0.750. The number of hydrogen-bond donors (Lipinski definition) is 1. The van der Waals surface area contributed by atoms with Crippen molar-refractivity contribution in [3.8, 4) is 11.8 Å². The van der Waals surface area contributed by atoms with Crippen LogP contribution < -0.4 is 0 Å². The van der Waals surface area contributed by atoms with Crippen LogP contribution in [0.1, 0.15) is 78.6 Å². The van der Waals surface area contributed by atoms with Crippen LogP contribution in [0.4, 0.5) is 0 Å². The predicted molar refractivity (Wildman–Crippen MR) is 121 cm³/mol. The Morgan fingerprint density at radius 3 is 2.53 bits per heavy atom. The van der Waals surface area contributed by atoms with Crippen LogP contribution in [0.3, 0.4) is 0 Å². The third-order valence-corrected chi connectivity index (χ3v) is 10.4.